The van der Waals surface area contributed by atoms with Crippen LogP contribution < -0.4 is 0 Å². The molecule has 3 fully saturated rings. The van der Waals surface area contributed by atoms with Gasteiger partial charge < -0.3 is 4.84 Å². The minimum Gasteiger partial charge on any atom is -0.310 e. The fraction of sp³-hybridized carbons (Fsp3) is 0.727. The summed E-state index contributed by atoms with van der Waals surface area (Å²) in [5, 5.41) is 20.9. The number of alkyl halides is 1. The van der Waals surface area contributed by atoms with Crippen LogP contribution in [0.4, 0.5) is 4.39 Å². The predicted octanol–water partition coefficient (Wildman–Crippen LogP) is 1.92. The van der Waals surface area contributed by atoms with Crippen molar-refractivity contribution in [2.75, 3.05) is 12.9 Å². The molecule has 4 aliphatic carbocycles. The van der Waals surface area contributed by atoms with Gasteiger partial charge >= 0.3 is 0 Å². The van der Waals surface area contributed by atoms with Crippen LogP contribution in [0.2, 0.25) is 0 Å². The Bertz CT molecular complexity index is 1220. The average molecular weight is 547 g/mol. The smallest absolute Gasteiger partial charge is 0.295 e. The molecule has 4 rings (SSSR count). The molecule has 0 aliphatic heterocycles. The number of hydrogen-bond donors (Lipinski definition) is 0. The lowest BCUT2D eigenvalue weighted by molar-refractivity contribution is -0.784. The first-order chi connectivity index (χ1) is 17.0. The van der Waals surface area contributed by atoms with E-state index < -0.39 is 84.9 Å². The van der Waals surface area contributed by atoms with Gasteiger partial charge in [0.25, 0.3) is 20.3 Å². The SMILES string of the molecule is C[C@]12C=CC(=O)C=C1[C@@H](F)C[C@@H]1[C@@H]2[C@@H](O[N+](=O)[O-])C[C@@]2(C)[C@H]1CC[C@]2(O[N+](=O)[O-])C(=O)COS(C)(=O)=O. The highest BCUT2D eigenvalue weighted by molar-refractivity contribution is 7.86. The monoisotopic (exact) mass is 546 g/mol. The lowest BCUT2D eigenvalue weighted by Crippen LogP contribution is -2.64. The average Bonchev–Trinajstić information content (AvgIpc) is 3.04. The Morgan fingerprint density at radius 1 is 1.24 bits per heavy atom. The molecule has 15 heteroatoms. The van der Waals surface area contributed by atoms with E-state index in [0.29, 0.717) is 6.26 Å². The first kappa shape index (κ1) is 27.1. The number of nitrogens with zero attached hydrogens (tertiary/aromatic N) is 2. The number of allylic oxidation sites excluding steroid dienone is 4. The summed E-state index contributed by atoms with van der Waals surface area (Å²) in [5.74, 6) is -3.32. The van der Waals surface area contributed by atoms with E-state index in [-0.39, 0.29) is 31.3 Å². The molecule has 0 radical (unpaired) electrons. The topological polar surface area (TPSA) is 182 Å². The van der Waals surface area contributed by atoms with Crippen LogP contribution in [0.25, 0.3) is 0 Å². The van der Waals surface area contributed by atoms with Gasteiger partial charge in [-0.1, -0.05) is 19.9 Å². The Balaban J connectivity index is 1.83. The molecule has 37 heavy (non-hydrogen) atoms. The van der Waals surface area contributed by atoms with Gasteiger partial charge in [-0.15, -0.1) is 20.2 Å². The van der Waals surface area contributed by atoms with E-state index >= 15 is 4.39 Å². The zero-order chi connectivity index (χ0) is 27.6. The molecule has 0 saturated heterocycles. The van der Waals surface area contributed by atoms with Crippen LogP contribution >= 0.6 is 0 Å². The van der Waals surface area contributed by atoms with Gasteiger partial charge in [0.2, 0.25) is 0 Å². The van der Waals surface area contributed by atoms with Gasteiger partial charge in [-0.2, -0.15) is 8.42 Å². The Hall–Kier alpha value is -2.94. The van der Waals surface area contributed by atoms with Crippen LogP contribution in [0.1, 0.15) is 39.5 Å². The van der Waals surface area contributed by atoms with Crippen LogP contribution in [0.3, 0.4) is 0 Å². The van der Waals surface area contributed by atoms with Crippen LogP contribution in [0.15, 0.2) is 23.8 Å². The maximum Gasteiger partial charge on any atom is 0.295 e. The van der Waals surface area contributed by atoms with Gasteiger partial charge in [0.15, 0.2) is 17.2 Å². The van der Waals surface area contributed by atoms with Crippen molar-refractivity contribution in [1.29, 1.82) is 0 Å². The van der Waals surface area contributed by atoms with E-state index in [4.69, 9.17) is 9.68 Å². The summed E-state index contributed by atoms with van der Waals surface area (Å²) in [6, 6.07) is 0. The third kappa shape index (κ3) is 4.31. The zero-order valence-corrected chi connectivity index (χ0v) is 21.1. The van der Waals surface area contributed by atoms with Crippen LogP contribution in [-0.2, 0) is 33.6 Å². The maximum atomic E-state index is 15.6. The maximum absolute atomic E-state index is 15.6. The second-order valence-electron chi connectivity index (χ2n) is 10.7. The quantitative estimate of drug-likeness (QED) is 0.246. The zero-order valence-electron chi connectivity index (χ0n) is 20.3. The lowest BCUT2D eigenvalue weighted by atomic mass is 9.46. The van der Waals surface area contributed by atoms with Crippen molar-refractivity contribution in [1.82, 2.24) is 0 Å². The normalized spacial score (nSPS) is 40.6. The molecule has 4 aliphatic rings. The van der Waals surface area contributed by atoms with E-state index in [1.165, 1.54) is 25.2 Å². The van der Waals surface area contributed by atoms with Gasteiger partial charge in [-0.25, -0.2) is 4.39 Å². The van der Waals surface area contributed by atoms with Gasteiger partial charge in [0, 0.05) is 16.7 Å². The molecule has 0 N–H and O–H groups in total. The number of fused-ring (bicyclic) bond motifs is 5. The Kier molecular flexibility index (Phi) is 6.46. The highest BCUT2D eigenvalue weighted by atomic mass is 32.2. The van der Waals surface area contributed by atoms with Crippen molar-refractivity contribution in [3.63, 3.8) is 0 Å². The van der Waals surface area contributed by atoms with Gasteiger partial charge in [-0.3, -0.25) is 18.6 Å². The Morgan fingerprint density at radius 2 is 1.92 bits per heavy atom. The van der Waals surface area contributed by atoms with E-state index in [1.54, 1.807) is 6.92 Å². The summed E-state index contributed by atoms with van der Waals surface area (Å²) in [6.07, 6.45) is 1.46. The molecular weight excluding hydrogens is 519 g/mol. The number of halogens is 1. The van der Waals surface area contributed by atoms with Crippen molar-refractivity contribution < 1.29 is 46.4 Å². The molecule has 0 bridgehead atoms. The summed E-state index contributed by atoms with van der Waals surface area (Å²) < 4.78 is 43.2. The number of carbonyl (C=O) groups is 2. The lowest BCUT2D eigenvalue weighted by Gasteiger charge is -2.60. The number of hydrogen-bond acceptors (Lipinski definition) is 11. The molecule has 0 amide bonds. The summed E-state index contributed by atoms with van der Waals surface area (Å²) in [5.41, 5.74) is -4.59. The first-order valence-electron chi connectivity index (χ1n) is 11.7. The van der Waals surface area contributed by atoms with Crippen molar-refractivity contribution in [2.45, 2.75) is 57.4 Å². The molecule has 0 heterocycles. The van der Waals surface area contributed by atoms with Crippen LogP contribution in [0, 0.1) is 48.8 Å². The molecule has 13 nitrogen and oxygen atoms in total. The van der Waals surface area contributed by atoms with Gasteiger partial charge in [0.05, 0.1) is 6.26 Å². The molecule has 0 unspecified atom stereocenters. The molecular formula is C22H27FN2O11S. The van der Waals surface area contributed by atoms with Crippen molar-refractivity contribution in [3.05, 3.63) is 44.0 Å². The molecule has 0 aromatic rings. The largest absolute Gasteiger partial charge is 0.310 e. The molecule has 204 valence electrons. The second-order valence-corrected chi connectivity index (χ2v) is 12.3. The Labute approximate surface area is 211 Å². The predicted molar refractivity (Wildman–Crippen MR) is 121 cm³/mol. The minimum atomic E-state index is -4.08. The van der Waals surface area contributed by atoms with E-state index in [2.05, 4.69) is 4.18 Å². The van der Waals surface area contributed by atoms with Crippen molar-refractivity contribution in [3.8, 4) is 0 Å². The summed E-state index contributed by atoms with van der Waals surface area (Å²) in [4.78, 5) is 58.6. The standard InChI is InChI=1S/C22H27FN2O11S/c1-20-6-4-12(26)8-15(20)16(23)9-13-14-5-7-22(36-25(30)31,18(27)11-34-37(3,32)33)21(14,2)10-17(19(13)20)35-24(28)29/h4,6,8,13-14,16-17,19H,5,7,9-11H2,1-3H3/t13-,14-,16-,17-,19+,20-,21-,22-/m0/s1. The van der Waals surface area contributed by atoms with Crippen LogP contribution in [0.5, 0.6) is 0 Å². The summed E-state index contributed by atoms with van der Waals surface area (Å²) >= 11 is 0. The van der Waals surface area contributed by atoms with Gasteiger partial charge in [0.1, 0.15) is 18.9 Å². The molecule has 8 atom stereocenters. The fourth-order valence-electron chi connectivity index (χ4n) is 7.56. The summed E-state index contributed by atoms with van der Waals surface area (Å²) in [7, 11) is -4.08. The van der Waals surface area contributed by atoms with E-state index in [1.807, 2.05) is 0 Å². The molecule has 0 aromatic carbocycles. The third-order valence-electron chi connectivity index (χ3n) is 8.88. The summed E-state index contributed by atoms with van der Waals surface area (Å²) in [6.45, 7) is 2.14. The molecule has 0 spiro atoms. The molecule has 3 saturated carbocycles. The first-order valence-corrected chi connectivity index (χ1v) is 13.5. The number of carbonyl (C=O) groups excluding carboxylic acids is 2. The Morgan fingerprint density at radius 3 is 2.51 bits per heavy atom. The van der Waals surface area contributed by atoms with Crippen molar-refractivity contribution >= 4 is 21.7 Å². The molecule has 0 aromatic heterocycles. The number of Topliss-reactive ketones (excluding diaryl/α,β-unsaturated/α-hetero) is 1. The van der Waals surface area contributed by atoms with Crippen molar-refractivity contribution in [2.24, 2.45) is 28.6 Å². The second kappa shape index (κ2) is 8.82. The number of ketones is 2. The van der Waals surface area contributed by atoms with E-state index in [9.17, 15) is 38.2 Å². The highest BCUT2D eigenvalue weighted by Crippen LogP contribution is 2.68. The number of rotatable bonds is 8. The van der Waals surface area contributed by atoms with Gasteiger partial charge in [-0.05, 0) is 55.2 Å². The fourth-order valence-corrected chi connectivity index (χ4v) is 7.88. The third-order valence-corrected chi connectivity index (χ3v) is 9.43. The highest BCUT2D eigenvalue weighted by Gasteiger charge is 2.71. The van der Waals surface area contributed by atoms with Crippen LogP contribution in [-0.4, -0.2) is 60.9 Å². The van der Waals surface area contributed by atoms with E-state index in [0.717, 1.165) is 0 Å². The minimum absolute atomic E-state index is 0.145.